The van der Waals surface area contributed by atoms with Gasteiger partial charge in [0.1, 0.15) is 5.76 Å². The predicted molar refractivity (Wildman–Crippen MR) is 131 cm³/mol. The molecule has 8 nitrogen and oxygen atoms in total. The Morgan fingerprint density at radius 2 is 1.90 bits per heavy atom. The maximum absolute atomic E-state index is 12.4. The van der Waals surface area contributed by atoms with Gasteiger partial charge in [-0.25, -0.2) is 0 Å². The predicted octanol–water partition coefficient (Wildman–Crippen LogP) is 1.80. The Morgan fingerprint density at radius 1 is 1.10 bits per heavy atom. The first kappa shape index (κ1) is 24.3. The van der Waals surface area contributed by atoms with E-state index in [0.717, 1.165) is 96.2 Å². The lowest BCUT2D eigenvalue weighted by atomic mass is 10.2. The molecule has 1 unspecified atom stereocenters. The molecule has 0 aromatic carbocycles. The number of carbonyl (C=O) groups excluding carboxylic acids is 1. The minimum Gasteiger partial charge on any atom is -0.469 e. The van der Waals surface area contributed by atoms with E-state index in [0.29, 0.717) is 13.1 Å². The van der Waals surface area contributed by atoms with Crippen LogP contribution in [0.4, 0.5) is 0 Å². The number of rotatable bonds is 7. The van der Waals surface area contributed by atoms with E-state index >= 15 is 0 Å². The summed E-state index contributed by atoms with van der Waals surface area (Å²) >= 11 is 0. The fraction of sp³-hybridized carbons (Fsp3) is 0.727. The number of ether oxygens (including phenoxy) is 1. The van der Waals surface area contributed by atoms with E-state index in [4.69, 9.17) is 14.1 Å². The molecule has 1 aromatic heterocycles. The number of nitrogens with one attached hydrogen (secondary N) is 1. The minimum atomic E-state index is 0. The van der Waals surface area contributed by atoms with Crippen molar-refractivity contribution in [2.24, 2.45) is 4.99 Å². The Bertz CT molecular complexity index is 679. The van der Waals surface area contributed by atoms with Gasteiger partial charge in [0, 0.05) is 58.8 Å². The van der Waals surface area contributed by atoms with Crippen LogP contribution in [0.3, 0.4) is 0 Å². The van der Waals surface area contributed by atoms with Crippen LogP contribution in [-0.4, -0.2) is 98.2 Å². The van der Waals surface area contributed by atoms with Crippen LogP contribution in [0.5, 0.6) is 0 Å². The monoisotopic (exact) mass is 545 g/mol. The van der Waals surface area contributed by atoms with Crippen molar-refractivity contribution in [2.45, 2.75) is 38.2 Å². The summed E-state index contributed by atoms with van der Waals surface area (Å²) in [6, 6.07) is 3.92. The second-order valence-electron chi connectivity index (χ2n) is 8.41. The van der Waals surface area contributed by atoms with E-state index in [9.17, 15) is 4.79 Å². The van der Waals surface area contributed by atoms with E-state index in [1.165, 1.54) is 0 Å². The van der Waals surface area contributed by atoms with E-state index in [2.05, 4.69) is 15.1 Å². The minimum absolute atomic E-state index is 0. The summed E-state index contributed by atoms with van der Waals surface area (Å²) in [5, 5.41) is 3.52. The second kappa shape index (κ2) is 12.6. The molecule has 1 aromatic rings. The fourth-order valence-electron chi connectivity index (χ4n) is 4.37. The molecule has 0 bridgehead atoms. The lowest BCUT2D eigenvalue weighted by Crippen LogP contribution is -2.54. The van der Waals surface area contributed by atoms with Gasteiger partial charge < -0.3 is 24.3 Å². The molecule has 4 heterocycles. The zero-order valence-electron chi connectivity index (χ0n) is 18.3. The highest BCUT2D eigenvalue weighted by atomic mass is 127. The van der Waals surface area contributed by atoms with Crippen LogP contribution in [0.2, 0.25) is 0 Å². The van der Waals surface area contributed by atoms with Gasteiger partial charge in [-0.1, -0.05) is 0 Å². The van der Waals surface area contributed by atoms with Gasteiger partial charge >= 0.3 is 0 Å². The van der Waals surface area contributed by atoms with E-state index < -0.39 is 0 Å². The van der Waals surface area contributed by atoms with Gasteiger partial charge in [0.15, 0.2) is 5.96 Å². The van der Waals surface area contributed by atoms with Crippen LogP contribution < -0.4 is 5.32 Å². The maximum Gasteiger partial charge on any atom is 0.236 e. The first-order chi connectivity index (χ1) is 14.8. The zero-order valence-corrected chi connectivity index (χ0v) is 20.7. The van der Waals surface area contributed by atoms with Crippen LogP contribution in [0.25, 0.3) is 0 Å². The average Bonchev–Trinajstić information content (AvgIpc) is 3.55. The maximum atomic E-state index is 12.4. The second-order valence-corrected chi connectivity index (χ2v) is 8.41. The van der Waals surface area contributed by atoms with Crippen LogP contribution >= 0.6 is 24.0 Å². The summed E-state index contributed by atoms with van der Waals surface area (Å²) in [5.41, 5.74) is 0. The van der Waals surface area contributed by atoms with E-state index in [-0.39, 0.29) is 36.0 Å². The van der Waals surface area contributed by atoms with Crippen molar-refractivity contribution in [3.05, 3.63) is 24.2 Å². The summed E-state index contributed by atoms with van der Waals surface area (Å²) in [5.74, 6) is 2.21. The molecule has 31 heavy (non-hydrogen) atoms. The van der Waals surface area contributed by atoms with Crippen molar-refractivity contribution in [3.8, 4) is 0 Å². The van der Waals surface area contributed by atoms with Gasteiger partial charge in [-0.2, -0.15) is 0 Å². The first-order valence-corrected chi connectivity index (χ1v) is 11.5. The molecule has 1 amide bonds. The molecule has 3 aliphatic rings. The number of nitrogens with zero attached hydrogens (tertiary/aromatic N) is 4. The number of likely N-dealkylation sites (tertiary alicyclic amines) is 1. The normalized spacial score (nSPS) is 22.6. The number of piperazine rings is 1. The number of aliphatic imine (C=N–C) groups is 1. The van der Waals surface area contributed by atoms with Crippen molar-refractivity contribution in [3.63, 3.8) is 0 Å². The van der Waals surface area contributed by atoms with Crippen LogP contribution in [-0.2, 0) is 16.0 Å². The highest BCUT2D eigenvalue weighted by Crippen LogP contribution is 2.13. The molecular weight excluding hydrogens is 509 g/mol. The lowest BCUT2D eigenvalue weighted by molar-refractivity contribution is -0.131. The third kappa shape index (κ3) is 7.35. The largest absolute Gasteiger partial charge is 0.469 e. The summed E-state index contributed by atoms with van der Waals surface area (Å²) in [7, 11) is 0. The summed E-state index contributed by atoms with van der Waals surface area (Å²) in [6.07, 6.45) is 7.30. The molecular formula is C22H36IN5O3. The number of amides is 1. The van der Waals surface area contributed by atoms with Gasteiger partial charge in [0.05, 0.1) is 25.5 Å². The van der Waals surface area contributed by atoms with Gasteiger partial charge in [-0.3, -0.25) is 14.7 Å². The molecule has 0 aliphatic carbocycles. The molecule has 9 heteroatoms. The molecule has 4 rings (SSSR count). The van der Waals surface area contributed by atoms with Gasteiger partial charge in [-0.05, 0) is 37.8 Å². The lowest BCUT2D eigenvalue weighted by Gasteiger charge is -2.36. The van der Waals surface area contributed by atoms with Gasteiger partial charge in [0.25, 0.3) is 0 Å². The van der Waals surface area contributed by atoms with Crippen molar-refractivity contribution >= 4 is 35.8 Å². The first-order valence-electron chi connectivity index (χ1n) is 11.5. The summed E-state index contributed by atoms with van der Waals surface area (Å²) in [4.78, 5) is 23.9. The molecule has 3 saturated heterocycles. The molecule has 3 aliphatic heterocycles. The fourth-order valence-corrected chi connectivity index (χ4v) is 4.37. The quantitative estimate of drug-likeness (QED) is 0.320. The topological polar surface area (TPSA) is 73.5 Å². The molecule has 3 fully saturated rings. The van der Waals surface area contributed by atoms with Crippen LogP contribution in [0.15, 0.2) is 27.8 Å². The number of furan rings is 1. The molecule has 1 N–H and O–H groups in total. The Balaban J connectivity index is 0.00000272. The van der Waals surface area contributed by atoms with Crippen molar-refractivity contribution in [1.29, 1.82) is 0 Å². The van der Waals surface area contributed by atoms with Gasteiger partial charge in [-0.15, -0.1) is 24.0 Å². The smallest absolute Gasteiger partial charge is 0.236 e. The number of guanidine groups is 1. The third-order valence-electron chi connectivity index (χ3n) is 6.19. The SMILES string of the molecule is I.O=C(CN1CCN(C(=NCC2CCCO2)NCCc2ccco2)CC1)N1CCCC1. The molecule has 174 valence electrons. The Labute approximate surface area is 202 Å². The van der Waals surface area contributed by atoms with Crippen molar-refractivity contribution in [1.82, 2.24) is 20.0 Å². The molecule has 0 radical (unpaired) electrons. The number of carbonyl (C=O) groups is 1. The molecule has 0 saturated carbocycles. The van der Waals surface area contributed by atoms with Gasteiger partial charge in [0.2, 0.25) is 5.91 Å². The number of hydrogen-bond acceptors (Lipinski definition) is 5. The molecule has 0 spiro atoms. The van der Waals surface area contributed by atoms with Crippen LogP contribution in [0, 0.1) is 0 Å². The highest BCUT2D eigenvalue weighted by molar-refractivity contribution is 14.0. The summed E-state index contributed by atoms with van der Waals surface area (Å²) in [6.45, 7) is 8.28. The molecule has 1 atom stereocenters. The van der Waals surface area contributed by atoms with E-state index in [1.807, 2.05) is 17.0 Å². The Kier molecular flexibility index (Phi) is 9.92. The summed E-state index contributed by atoms with van der Waals surface area (Å²) < 4.78 is 11.2. The van der Waals surface area contributed by atoms with Crippen LogP contribution in [0.1, 0.15) is 31.4 Å². The zero-order chi connectivity index (χ0) is 20.6. The number of hydrogen-bond donors (Lipinski definition) is 1. The standard InChI is InChI=1S/C22H35N5O3.HI/c28-21(26-9-1-2-10-26)18-25-11-13-27(14-12-25)22(24-17-20-6-4-16-30-20)23-8-7-19-5-3-15-29-19;/h3,5,15,20H,1-2,4,6-14,16-18H2,(H,23,24);1H. The highest BCUT2D eigenvalue weighted by Gasteiger charge is 2.25. The van der Waals surface area contributed by atoms with Crippen molar-refractivity contribution in [2.75, 3.05) is 65.5 Å². The third-order valence-corrected chi connectivity index (χ3v) is 6.19. The Hall–Kier alpha value is -1.33. The Morgan fingerprint density at radius 3 is 2.58 bits per heavy atom. The average molecular weight is 545 g/mol. The number of halogens is 1. The van der Waals surface area contributed by atoms with Crippen molar-refractivity contribution < 1.29 is 13.9 Å². The van der Waals surface area contributed by atoms with E-state index in [1.54, 1.807) is 6.26 Å².